The van der Waals surface area contributed by atoms with Gasteiger partial charge in [0.15, 0.2) is 0 Å². The van der Waals surface area contributed by atoms with Gasteiger partial charge in [-0.05, 0) is 79.0 Å². The van der Waals surface area contributed by atoms with E-state index in [9.17, 15) is 18.0 Å². The van der Waals surface area contributed by atoms with Crippen molar-refractivity contribution in [3.8, 4) is 17.0 Å². The molecule has 2 unspecified atom stereocenters. The van der Waals surface area contributed by atoms with Gasteiger partial charge in [0.1, 0.15) is 5.75 Å². The van der Waals surface area contributed by atoms with Crippen LogP contribution in [0.2, 0.25) is 0 Å². The molecule has 2 bridgehead atoms. The molecular weight excluding hydrogens is 639 g/mol. The number of hydrogen-bond donors (Lipinski definition) is 1. The number of rotatable bonds is 8. The van der Waals surface area contributed by atoms with Gasteiger partial charge in [-0.2, -0.15) is 12.7 Å². The minimum Gasteiger partial charge on any atom is -0.497 e. The molecule has 2 aliphatic carbocycles. The molecule has 1 N–H and O–H groups in total. The van der Waals surface area contributed by atoms with E-state index >= 15 is 0 Å². The van der Waals surface area contributed by atoms with Gasteiger partial charge in [-0.15, -0.1) is 0 Å². The second-order valence-corrected chi connectivity index (χ2v) is 17.7. The lowest BCUT2D eigenvalue weighted by Gasteiger charge is -2.37. The summed E-state index contributed by atoms with van der Waals surface area (Å²) in [5.74, 6) is 1.40. The number of benzene rings is 2. The van der Waals surface area contributed by atoms with Crippen LogP contribution in [0.4, 0.5) is 0 Å². The Labute approximate surface area is 289 Å². The molecule has 2 aromatic carbocycles. The van der Waals surface area contributed by atoms with Crippen LogP contribution in [0.5, 0.6) is 5.75 Å². The summed E-state index contributed by atoms with van der Waals surface area (Å²) in [6, 6.07) is 12.6. The molecule has 11 heteroatoms. The number of nitrogens with one attached hydrogen (secondary N) is 1. The number of amides is 2. The van der Waals surface area contributed by atoms with Gasteiger partial charge in [0.25, 0.3) is 5.91 Å². The van der Waals surface area contributed by atoms with Crippen LogP contribution in [0, 0.1) is 11.3 Å². The summed E-state index contributed by atoms with van der Waals surface area (Å²) in [5, 5.41) is 1.09. The van der Waals surface area contributed by atoms with E-state index in [2.05, 4.69) is 45.1 Å². The Kier molecular flexibility index (Phi) is 7.92. The summed E-state index contributed by atoms with van der Waals surface area (Å²) in [4.78, 5) is 33.2. The van der Waals surface area contributed by atoms with Crippen LogP contribution in [-0.2, 0) is 21.5 Å². The van der Waals surface area contributed by atoms with Crippen molar-refractivity contribution in [1.82, 2.24) is 23.4 Å². The largest absolute Gasteiger partial charge is 0.497 e. The zero-order valence-corrected chi connectivity index (χ0v) is 30.2. The highest BCUT2D eigenvalue weighted by Gasteiger charge is 2.65. The summed E-state index contributed by atoms with van der Waals surface area (Å²) < 4.78 is 36.5. The molecular formula is C38H49N5O5S. The molecule has 2 saturated carbocycles. The summed E-state index contributed by atoms with van der Waals surface area (Å²) in [5.41, 5.74) is 5.32. The van der Waals surface area contributed by atoms with Crippen LogP contribution < -0.4 is 9.46 Å². The number of likely N-dealkylation sites (tertiary alicyclic amines) is 2. The normalized spacial score (nSPS) is 26.5. The molecule has 4 atom stereocenters. The maximum atomic E-state index is 15.0. The molecule has 3 aliphatic heterocycles. The fourth-order valence-corrected chi connectivity index (χ4v) is 10.2. The van der Waals surface area contributed by atoms with Crippen LogP contribution in [0.15, 0.2) is 36.4 Å². The predicted octanol–water partition coefficient (Wildman–Crippen LogP) is 5.33. The van der Waals surface area contributed by atoms with Crippen LogP contribution in [0.3, 0.4) is 0 Å². The average Bonchev–Trinajstić information content (AvgIpc) is 3.31. The number of piperazine rings is 1. The zero-order valence-electron chi connectivity index (χ0n) is 29.4. The van der Waals surface area contributed by atoms with Gasteiger partial charge in [0.05, 0.1) is 18.2 Å². The van der Waals surface area contributed by atoms with Gasteiger partial charge in [0, 0.05) is 80.3 Å². The third-order valence-electron chi connectivity index (χ3n) is 12.1. The molecule has 0 spiro atoms. The molecule has 3 aromatic rings. The van der Waals surface area contributed by atoms with Crippen molar-refractivity contribution in [1.29, 1.82) is 0 Å². The number of hydrogen-bond acceptors (Lipinski definition) is 6. The van der Waals surface area contributed by atoms with E-state index in [1.165, 1.54) is 44.5 Å². The average molecular weight is 688 g/mol. The third kappa shape index (κ3) is 5.30. The lowest BCUT2D eigenvalue weighted by atomic mass is 9.81. The van der Waals surface area contributed by atoms with Crippen molar-refractivity contribution in [2.45, 2.75) is 89.3 Å². The minimum atomic E-state index is -3.97. The van der Waals surface area contributed by atoms with Gasteiger partial charge < -0.3 is 14.2 Å². The van der Waals surface area contributed by atoms with E-state index in [1.54, 1.807) is 13.2 Å². The second-order valence-electron chi connectivity index (χ2n) is 15.8. The predicted molar refractivity (Wildman–Crippen MR) is 190 cm³/mol. The Morgan fingerprint density at radius 1 is 1.04 bits per heavy atom. The van der Waals surface area contributed by atoms with Crippen molar-refractivity contribution < 1.29 is 22.7 Å². The Morgan fingerprint density at radius 3 is 2.49 bits per heavy atom. The number of carbonyl (C=O) groups excluding carboxylic acids is 2. The molecule has 4 heterocycles. The highest BCUT2D eigenvalue weighted by atomic mass is 32.2. The Balaban J connectivity index is 1.27. The molecule has 10 nitrogen and oxygen atoms in total. The maximum absolute atomic E-state index is 15.0. The monoisotopic (exact) mass is 687 g/mol. The molecule has 2 amide bonds. The number of fused-ring (bicyclic) bond motifs is 9. The molecule has 5 aliphatic rings. The van der Waals surface area contributed by atoms with Gasteiger partial charge in [-0.25, -0.2) is 4.72 Å². The van der Waals surface area contributed by atoms with E-state index in [1.807, 2.05) is 18.2 Å². The van der Waals surface area contributed by atoms with Gasteiger partial charge in [-0.3, -0.25) is 14.5 Å². The van der Waals surface area contributed by atoms with E-state index < -0.39 is 21.5 Å². The molecule has 2 saturated heterocycles. The van der Waals surface area contributed by atoms with Crippen LogP contribution >= 0.6 is 0 Å². The van der Waals surface area contributed by atoms with E-state index in [0.29, 0.717) is 24.4 Å². The Bertz CT molecular complexity index is 1950. The SMILES string of the molecule is COc1ccc2c(c1)C1CC1(C(=O)N1C[C@H]3C[C@@H]1CN3CC(C)C)Cn1c-2c(C2CCCCC2)c2ccc(C(=O)NS(=O)(=O)N(C)C)cc21. The third-order valence-corrected chi connectivity index (χ3v) is 13.5. The Hall–Kier alpha value is -3.41. The van der Waals surface area contributed by atoms with Crippen molar-refractivity contribution in [3.05, 3.63) is 53.1 Å². The lowest BCUT2D eigenvalue weighted by molar-refractivity contribution is -0.140. The number of aromatic nitrogens is 1. The van der Waals surface area contributed by atoms with E-state index in [-0.39, 0.29) is 23.4 Å². The summed E-state index contributed by atoms with van der Waals surface area (Å²) >= 11 is 0. The van der Waals surface area contributed by atoms with Crippen molar-refractivity contribution >= 4 is 32.9 Å². The van der Waals surface area contributed by atoms with Crippen LogP contribution in [-0.4, -0.2) is 91.8 Å². The fourth-order valence-electron chi connectivity index (χ4n) is 9.67. The standard InChI is InChI=1S/C38H49N5O5S/c1-23(2)19-41-20-27-16-26(41)21-42(27)37(45)38-18-32(38)31-17-28(48-5)12-14-29(31)35-34(24-9-7-6-8-10-24)30-13-11-25(15-33(30)43(35)22-38)36(44)39-49(46,47)40(3)4/h11-15,17,23-24,26-27,32H,6-10,16,18-22H2,1-5H3,(H,39,44)/t26-,27-,32?,38?/m1/s1. The van der Waals surface area contributed by atoms with Gasteiger partial charge >= 0.3 is 10.2 Å². The first-order chi connectivity index (χ1) is 23.4. The maximum Gasteiger partial charge on any atom is 0.303 e. The van der Waals surface area contributed by atoms with E-state index in [0.717, 1.165) is 77.5 Å². The first-order valence-electron chi connectivity index (χ1n) is 18.1. The summed E-state index contributed by atoms with van der Waals surface area (Å²) in [7, 11) is 0.517. The van der Waals surface area contributed by atoms with Crippen molar-refractivity contribution in [2.24, 2.45) is 11.3 Å². The summed E-state index contributed by atoms with van der Waals surface area (Å²) in [6.07, 6.45) is 7.58. The van der Waals surface area contributed by atoms with Crippen molar-refractivity contribution in [3.63, 3.8) is 0 Å². The topological polar surface area (TPSA) is 104 Å². The smallest absolute Gasteiger partial charge is 0.303 e. The van der Waals surface area contributed by atoms with Gasteiger partial charge in [-0.1, -0.05) is 39.2 Å². The number of ether oxygens (including phenoxy) is 1. The molecule has 262 valence electrons. The first kappa shape index (κ1) is 32.8. The van der Waals surface area contributed by atoms with Crippen LogP contribution in [0.25, 0.3) is 22.2 Å². The van der Waals surface area contributed by atoms with E-state index in [4.69, 9.17) is 4.74 Å². The fraction of sp³-hybridized carbons (Fsp3) is 0.579. The molecule has 1 aromatic heterocycles. The number of carbonyl (C=O) groups is 2. The molecule has 8 rings (SSSR count). The van der Waals surface area contributed by atoms with Gasteiger partial charge in [0.2, 0.25) is 5.91 Å². The first-order valence-corrected chi connectivity index (χ1v) is 19.5. The summed E-state index contributed by atoms with van der Waals surface area (Å²) in [6.45, 7) is 7.84. The molecule has 4 fully saturated rings. The quantitative estimate of drug-likeness (QED) is 0.344. The van der Waals surface area contributed by atoms with Crippen molar-refractivity contribution in [2.75, 3.05) is 40.8 Å². The second kappa shape index (κ2) is 11.8. The van der Waals surface area contributed by atoms with Crippen LogP contribution in [0.1, 0.15) is 92.1 Å². The number of methoxy groups -OCH3 is 1. The highest BCUT2D eigenvalue weighted by Crippen LogP contribution is 2.66. The zero-order chi connectivity index (χ0) is 34.4. The molecule has 0 radical (unpaired) electrons. The Morgan fingerprint density at radius 2 is 1.82 bits per heavy atom. The molecule has 49 heavy (non-hydrogen) atoms. The highest BCUT2D eigenvalue weighted by molar-refractivity contribution is 7.87. The lowest BCUT2D eigenvalue weighted by Crippen LogP contribution is -2.52. The minimum absolute atomic E-state index is 0.0712. The number of nitrogens with zero attached hydrogens (tertiary/aromatic N) is 4.